The van der Waals surface area contributed by atoms with Crippen LogP contribution < -0.4 is 24.8 Å². The van der Waals surface area contributed by atoms with E-state index >= 15 is 0 Å². The molecule has 0 spiro atoms. The fourth-order valence-corrected chi connectivity index (χ4v) is 18.5. The maximum absolute atomic E-state index is 2.93. The Morgan fingerprint density at radius 3 is 1.56 bits per heavy atom. The van der Waals surface area contributed by atoms with Gasteiger partial charge in [0.05, 0.1) is 0 Å². The van der Waals surface area contributed by atoms with Crippen molar-refractivity contribution < 1.29 is 46.1 Å². The van der Waals surface area contributed by atoms with Crippen molar-refractivity contribution in [1.82, 2.24) is 0 Å². The molecule has 1 atom stereocenters. The number of allylic oxidation sites excluding steroid dienone is 6. The molecule has 1 unspecified atom stereocenters. The van der Waals surface area contributed by atoms with Gasteiger partial charge in [-0.3, -0.25) is 0 Å². The minimum absolute atomic E-state index is 0. The van der Waals surface area contributed by atoms with E-state index in [9.17, 15) is 0 Å². The van der Waals surface area contributed by atoms with Gasteiger partial charge in [-0.15, -0.1) is 0 Å². The fourth-order valence-electron chi connectivity index (χ4n) is 8.71. The fraction of sp³-hybridized carbons (Fsp3) is 0.298. The van der Waals surface area contributed by atoms with Crippen LogP contribution in [0.5, 0.6) is 0 Å². The first-order chi connectivity index (χ1) is 22.9. The Morgan fingerprint density at radius 1 is 0.680 bits per heavy atom. The number of rotatable bonds is 5. The van der Waals surface area contributed by atoms with Crippen molar-refractivity contribution in [3.05, 3.63) is 163 Å². The quantitative estimate of drug-likeness (QED) is 0.228. The molecule has 0 aromatic heterocycles. The van der Waals surface area contributed by atoms with E-state index in [2.05, 4.69) is 177 Å². The molecule has 254 valence electrons. The Kier molecular flexibility index (Phi) is 9.83. The summed E-state index contributed by atoms with van der Waals surface area (Å²) in [5.41, 5.74) is 16.3. The zero-order chi connectivity index (χ0) is 33.6. The molecule has 0 saturated heterocycles. The normalized spacial score (nSPS) is 18.5. The maximum atomic E-state index is 2.70. The minimum Gasteiger partial charge on any atom is -1.00 e. The summed E-state index contributed by atoms with van der Waals surface area (Å²) >= 11 is -2.93. The topological polar surface area (TPSA) is 0 Å². The molecule has 0 saturated carbocycles. The van der Waals surface area contributed by atoms with Gasteiger partial charge in [0.2, 0.25) is 0 Å². The van der Waals surface area contributed by atoms with Crippen molar-refractivity contribution in [2.24, 2.45) is 11.3 Å². The van der Waals surface area contributed by atoms with Crippen LogP contribution in [0.4, 0.5) is 0 Å². The first-order valence-corrected chi connectivity index (χ1v) is 21.8. The molecule has 0 nitrogen and oxygen atoms in total. The monoisotopic (exact) mass is 772 g/mol. The van der Waals surface area contributed by atoms with Crippen molar-refractivity contribution >= 4 is 15.4 Å². The Morgan fingerprint density at radius 2 is 1.14 bits per heavy atom. The summed E-state index contributed by atoms with van der Waals surface area (Å²) in [6, 6.07) is 33.3. The molecule has 3 heteroatoms. The first kappa shape index (κ1) is 36.9. The number of hydrogen-bond acceptors (Lipinski definition) is 0. The van der Waals surface area contributed by atoms with Gasteiger partial charge in [-0.2, -0.15) is 0 Å². The van der Waals surface area contributed by atoms with E-state index in [0.717, 1.165) is 6.42 Å². The number of halogens is 2. The summed E-state index contributed by atoms with van der Waals surface area (Å²) < 4.78 is 3.77. The van der Waals surface area contributed by atoms with Gasteiger partial charge in [0.25, 0.3) is 0 Å². The Hall–Kier alpha value is -2.83. The molecule has 4 aliphatic rings. The molecule has 0 aliphatic heterocycles. The van der Waals surface area contributed by atoms with E-state index in [4.69, 9.17) is 0 Å². The Bertz CT molecular complexity index is 2010. The second-order valence-corrected chi connectivity index (χ2v) is 22.7. The van der Waals surface area contributed by atoms with Gasteiger partial charge in [-0.1, -0.05) is 0 Å². The molecule has 0 amide bonds. The van der Waals surface area contributed by atoms with Crippen molar-refractivity contribution in [3.8, 4) is 11.1 Å². The Balaban J connectivity index is 0.00000216. The third-order valence-corrected chi connectivity index (χ3v) is 20.0. The van der Waals surface area contributed by atoms with Crippen molar-refractivity contribution in [1.29, 1.82) is 0 Å². The molecule has 0 N–H and O–H groups in total. The van der Waals surface area contributed by atoms with Crippen molar-refractivity contribution in [3.63, 3.8) is 0 Å². The summed E-state index contributed by atoms with van der Waals surface area (Å²) in [4.78, 5) is 0. The van der Waals surface area contributed by atoms with Crippen LogP contribution in [-0.4, -0.2) is 3.21 Å². The van der Waals surface area contributed by atoms with E-state index in [0.29, 0.717) is 9.54 Å². The van der Waals surface area contributed by atoms with Crippen LogP contribution in [0.2, 0.25) is 0 Å². The van der Waals surface area contributed by atoms with Gasteiger partial charge in [-0.25, -0.2) is 0 Å². The van der Waals surface area contributed by atoms with Crippen LogP contribution in [-0.2, 0) is 32.1 Å². The minimum atomic E-state index is -2.93. The van der Waals surface area contributed by atoms with Gasteiger partial charge in [0.1, 0.15) is 0 Å². The summed E-state index contributed by atoms with van der Waals surface area (Å²) in [6.07, 6.45) is 16.0. The van der Waals surface area contributed by atoms with E-state index in [1.54, 1.807) is 17.6 Å². The summed E-state index contributed by atoms with van der Waals surface area (Å²) in [5.74, 6) is 0.476. The molecule has 4 aromatic rings. The summed E-state index contributed by atoms with van der Waals surface area (Å²) in [6.45, 7) is 19.1. The third kappa shape index (κ3) is 6.00. The number of fused-ring (bicyclic) bond motifs is 5. The zero-order valence-corrected chi connectivity index (χ0v) is 34.6. The molecule has 0 fully saturated rings. The number of benzene rings is 4. The van der Waals surface area contributed by atoms with E-state index in [1.807, 2.05) is 0 Å². The van der Waals surface area contributed by atoms with Crippen LogP contribution in [0.15, 0.2) is 118 Å². The predicted molar refractivity (Wildman–Crippen MR) is 203 cm³/mol. The van der Waals surface area contributed by atoms with E-state index in [-0.39, 0.29) is 41.1 Å². The average Bonchev–Trinajstić information content (AvgIpc) is 3.80. The van der Waals surface area contributed by atoms with Crippen LogP contribution in [0.3, 0.4) is 0 Å². The predicted octanol–water partition coefficient (Wildman–Crippen LogP) is 6.16. The third-order valence-electron chi connectivity index (χ3n) is 11.5. The van der Waals surface area contributed by atoms with Gasteiger partial charge in [0, 0.05) is 0 Å². The van der Waals surface area contributed by atoms with Crippen LogP contribution in [0, 0.1) is 11.3 Å². The second-order valence-electron chi connectivity index (χ2n) is 16.6. The molecule has 0 bridgehead atoms. The van der Waals surface area contributed by atoms with Crippen LogP contribution in [0.25, 0.3) is 23.3 Å². The van der Waals surface area contributed by atoms with Gasteiger partial charge >= 0.3 is 298 Å². The molecule has 8 rings (SSSR count). The molecular weight excluding hydrogens is 727 g/mol. The zero-order valence-electron chi connectivity index (χ0n) is 30.7. The smallest absolute Gasteiger partial charge is 1.00 e. The van der Waals surface area contributed by atoms with E-state index in [1.165, 1.54) is 50.1 Å². The maximum Gasteiger partial charge on any atom is -1.00 e. The summed E-state index contributed by atoms with van der Waals surface area (Å²) in [7, 11) is 0. The first-order valence-electron chi connectivity index (χ1n) is 17.9. The summed E-state index contributed by atoms with van der Waals surface area (Å²) in [5, 5.41) is 0. The van der Waals surface area contributed by atoms with Crippen molar-refractivity contribution in [2.75, 3.05) is 0 Å². The van der Waals surface area contributed by atoms with Crippen LogP contribution in [0.1, 0.15) is 110 Å². The van der Waals surface area contributed by atoms with Gasteiger partial charge in [-0.05, 0) is 0 Å². The average molecular weight is 775 g/mol. The van der Waals surface area contributed by atoms with Gasteiger partial charge in [0.15, 0.2) is 0 Å². The molecule has 0 heterocycles. The Labute approximate surface area is 320 Å². The largest absolute Gasteiger partial charge is 1.00 e. The standard InChI is InChI=1S/C23H21.C13H10.C11H17.2ClH.Zr/c1-22(2)7-5-14-10-18-16(12-20(14)22)9-17-13-21-15(11-19(17)18)6-8-23(21,3)4;1-3-7-12(8-4-1)11-13-9-5-2-6-10-13;1-5-9-6-7-10(8-9)11(2,3)4;;;/h5-13H,1-4H3;1-10H;7-9H,5H2,1-4H3;2*1H;/q;;;;;+2/p-2. The molecule has 4 aromatic carbocycles. The van der Waals surface area contributed by atoms with E-state index < -0.39 is 21.3 Å². The SMILES string of the molecule is CCC1C=C(C(C)(C)C)C=[C]1[Zr+2](=[C](c1ccccc1)c1ccccc1)[CH]1c2cc3c(cc2-c2cc4c(cc21)C(C)(C)C=C4)C=CC3(C)C.[Cl-].[Cl-]. The second kappa shape index (κ2) is 13.3. The van der Waals surface area contributed by atoms with Crippen molar-refractivity contribution in [2.45, 2.75) is 76.3 Å². The number of hydrogen-bond donors (Lipinski definition) is 0. The molecule has 4 aliphatic carbocycles. The molecule has 50 heavy (non-hydrogen) atoms. The van der Waals surface area contributed by atoms with Gasteiger partial charge < -0.3 is 24.8 Å². The molecular formula is C47H48Cl2Zr. The molecule has 0 radical (unpaired) electrons. The van der Waals surface area contributed by atoms with Crippen LogP contribution >= 0.6 is 0 Å².